The summed E-state index contributed by atoms with van der Waals surface area (Å²) in [5.74, 6) is 0. The molecule has 72 valence electrons. The molecule has 1 aliphatic heterocycles. The molecule has 1 heterocycles. The Morgan fingerprint density at radius 1 is 1.50 bits per heavy atom. The van der Waals surface area contributed by atoms with Crippen LogP contribution in [0.4, 0.5) is 0 Å². The van der Waals surface area contributed by atoms with Crippen LogP contribution in [0.1, 0.15) is 33.6 Å². The summed E-state index contributed by atoms with van der Waals surface area (Å²) in [4.78, 5) is 2.41. The van der Waals surface area contributed by atoms with Gasteiger partial charge < -0.3 is 4.74 Å². The molecular formula is C10H21NO. The minimum absolute atomic E-state index is 0.296. The van der Waals surface area contributed by atoms with Crippen molar-refractivity contribution in [3.8, 4) is 0 Å². The molecule has 0 radical (unpaired) electrons. The van der Waals surface area contributed by atoms with Gasteiger partial charge in [0, 0.05) is 5.54 Å². The van der Waals surface area contributed by atoms with Crippen molar-refractivity contribution < 1.29 is 4.74 Å². The van der Waals surface area contributed by atoms with Crippen LogP contribution in [0.3, 0.4) is 0 Å². The maximum Gasteiger partial charge on any atom is 0.0651 e. The fourth-order valence-corrected chi connectivity index (χ4v) is 1.69. The first-order valence-corrected chi connectivity index (χ1v) is 4.87. The number of likely N-dealkylation sites (N-methyl/N-ethyl adjacent to an activating group) is 1. The minimum Gasteiger partial charge on any atom is -0.377 e. The van der Waals surface area contributed by atoms with Gasteiger partial charge in [-0.2, -0.15) is 0 Å². The first kappa shape index (κ1) is 10.0. The lowest BCUT2D eigenvalue weighted by Gasteiger charge is -2.32. The first-order chi connectivity index (χ1) is 5.54. The van der Waals surface area contributed by atoms with Crippen LogP contribution in [0.25, 0.3) is 0 Å². The molecule has 0 N–H and O–H groups in total. The van der Waals surface area contributed by atoms with E-state index in [4.69, 9.17) is 4.74 Å². The number of hydrogen-bond donors (Lipinski definition) is 0. The number of hydrogen-bond acceptors (Lipinski definition) is 2. The molecule has 0 amide bonds. The summed E-state index contributed by atoms with van der Waals surface area (Å²) >= 11 is 0. The smallest absolute Gasteiger partial charge is 0.0651 e. The lowest BCUT2D eigenvalue weighted by molar-refractivity contribution is 0.00360. The van der Waals surface area contributed by atoms with E-state index < -0.39 is 0 Å². The van der Waals surface area contributed by atoms with Gasteiger partial charge in [0.25, 0.3) is 0 Å². The van der Waals surface area contributed by atoms with Crippen molar-refractivity contribution in [3.63, 3.8) is 0 Å². The quantitative estimate of drug-likeness (QED) is 0.643. The summed E-state index contributed by atoms with van der Waals surface area (Å²) in [5.41, 5.74) is 0.296. The highest BCUT2D eigenvalue weighted by molar-refractivity contribution is 4.89. The van der Waals surface area contributed by atoms with Crippen molar-refractivity contribution in [2.24, 2.45) is 0 Å². The average Bonchev–Trinajstić information content (AvgIpc) is 2.30. The number of nitrogens with zero attached hydrogens (tertiary/aromatic N) is 1. The maximum atomic E-state index is 5.66. The third-order valence-electron chi connectivity index (χ3n) is 2.86. The number of likely N-dealkylation sites (tertiary alicyclic amines) is 1. The molecule has 0 aliphatic carbocycles. The fourth-order valence-electron chi connectivity index (χ4n) is 1.69. The third-order valence-corrected chi connectivity index (χ3v) is 2.86. The summed E-state index contributed by atoms with van der Waals surface area (Å²) < 4.78 is 5.66. The van der Waals surface area contributed by atoms with Gasteiger partial charge in [0.1, 0.15) is 0 Å². The molecule has 1 fully saturated rings. The molecule has 1 saturated heterocycles. The van der Waals surface area contributed by atoms with Crippen molar-refractivity contribution in [2.45, 2.75) is 45.3 Å². The number of rotatable bonds is 3. The molecule has 1 rings (SSSR count). The highest BCUT2D eigenvalue weighted by Gasteiger charge is 2.34. The molecule has 1 unspecified atom stereocenters. The molecule has 0 bridgehead atoms. The van der Waals surface area contributed by atoms with Gasteiger partial charge in [-0.3, -0.25) is 4.90 Å². The second-order valence-electron chi connectivity index (χ2n) is 4.38. The Morgan fingerprint density at radius 3 is 2.58 bits per heavy atom. The number of ether oxygens (including phenoxy) is 1. The lowest BCUT2D eigenvalue weighted by Crippen LogP contribution is -2.43. The summed E-state index contributed by atoms with van der Waals surface area (Å²) in [6.45, 7) is 8.58. The van der Waals surface area contributed by atoms with Crippen LogP contribution in [-0.4, -0.2) is 36.7 Å². The monoisotopic (exact) mass is 171 g/mol. The van der Waals surface area contributed by atoms with Crippen molar-refractivity contribution >= 4 is 0 Å². The Hall–Kier alpha value is -0.0800. The Labute approximate surface area is 75.9 Å². The van der Waals surface area contributed by atoms with E-state index in [1.54, 1.807) is 0 Å². The van der Waals surface area contributed by atoms with Gasteiger partial charge >= 0.3 is 0 Å². The van der Waals surface area contributed by atoms with E-state index in [9.17, 15) is 0 Å². The highest BCUT2D eigenvalue weighted by Crippen LogP contribution is 2.27. The second kappa shape index (κ2) is 3.75. The summed E-state index contributed by atoms with van der Waals surface area (Å²) in [6, 6.07) is 0. The Bertz CT molecular complexity index is 147. The van der Waals surface area contributed by atoms with Crippen LogP contribution in [0.15, 0.2) is 0 Å². The van der Waals surface area contributed by atoms with E-state index in [1.165, 1.54) is 19.4 Å². The third kappa shape index (κ3) is 2.20. The van der Waals surface area contributed by atoms with Crippen LogP contribution in [0.5, 0.6) is 0 Å². The van der Waals surface area contributed by atoms with E-state index in [0.29, 0.717) is 11.6 Å². The van der Waals surface area contributed by atoms with Crippen molar-refractivity contribution in [1.82, 2.24) is 4.90 Å². The predicted octanol–water partition coefficient (Wildman–Crippen LogP) is 1.90. The van der Waals surface area contributed by atoms with E-state index in [2.05, 4.69) is 32.7 Å². The molecule has 0 aromatic carbocycles. The van der Waals surface area contributed by atoms with E-state index in [-0.39, 0.29) is 0 Å². The molecular weight excluding hydrogens is 150 g/mol. The molecule has 1 aliphatic rings. The molecule has 0 saturated carbocycles. The molecule has 2 heteroatoms. The Morgan fingerprint density at radius 2 is 2.17 bits per heavy atom. The van der Waals surface area contributed by atoms with E-state index in [1.807, 2.05) is 0 Å². The highest BCUT2D eigenvalue weighted by atomic mass is 16.5. The van der Waals surface area contributed by atoms with Crippen LogP contribution < -0.4 is 0 Å². The van der Waals surface area contributed by atoms with Gasteiger partial charge in [-0.25, -0.2) is 0 Å². The standard InChI is InChI=1S/C10H21NO/c1-9(2)12-8-10(3)6-5-7-11(10)4/h9H,5-8H2,1-4H3. The van der Waals surface area contributed by atoms with Gasteiger partial charge in [0.15, 0.2) is 0 Å². The van der Waals surface area contributed by atoms with Gasteiger partial charge in [0.05, 0.1) is 12.7 Å². The van der Waals surface area contributed by atoms with Crippen LogP contribution in [0.2, 0.25) is 0 Å². The molecule has 2 nitrogen and oxygen atoms in total. The summed E-state index contributed by atoms with van der Waals surface area (Å²) in [6.07, 6.45) is 2.95. The lowest BCUT2D eigenvalue weighted by atomic mass is 10.0. The zero-order valence-electron chi connectivity index (χ0n) is 8.76. The second-order valence-corrected chi connectivity index (χ2v) is 4.38. The first-order valence-electron chi connectivity index (χ1n) is 4.87. The molecule has 0 aromatic heterocycles. The Balaban J connectivity index is 2.37. The summed E-state index contributed by atoms with van der Waals surface area (Å²) in [5, 5.41) is 0. The molecule has 12 heavy (non-hydrogen) atoms. The van der Waals surface area contributed by atoms with Gasteiger partial charge in [-0.05, 0) is 47.2 Å². The van der Waals surface area contributed by atoms with E-state index in [0.717, 1.165) is 6.61 Å². The molecule has 1 atom stereocenters. The van der Waals surface area contributed by atoms with Crippen molar-refractivity contribution in [3.05, 3.63) is 0 Å². The Kier molecular flexibility index (Phi) is 3.13. The van der Waals surface area contributed by atoms with Gasteiger partial charge in [0.2, 0.25) is 0 Å². The van der Waals surface area contributed by atoms with E-state index >= 15 is 0 Å². The maximum absolute atomic E-state index is 5.66. The topological polar surface area (TPSA) is 12.5 Å². The zero-order valence-corrected chi connectivity index (χ0v) is 8.76. The van der Waals surface area contributed by atoms with Crippen LogP contribution in [0, 0.1) is 0 Å². The molecule has 0 aromatic rings. The summed E-state index contributed by atoms with van der Waals surface area (Å²) in [7, 11) is 2.19. The van der Waals surface area contributed by atoms with Gasteiger partial charge in [-0.1, -0.05) is 0 Å². The molecule has 0 spiro atoms. The largest absolute Gasteiger partial charge is 0.377 e. The minimum atomic E-state index is 0.296. The van der Waals surface area contributed by atoms with Gasteiger partial charge in [-0.15, -0.1) is 0 Å². The van der Waals surface area contributed by atoms with Crippen molar-refractivity contribution in [1.29, 1.82) is 0 Å². The fraction of sp³-hybridized carbons (Fsp3) is 1.00. The SMILES string of the molecule is CC(C)OCC1(C)CCCN1C. The van der Waals surface area contributed by atoms with Crippen LogP contribution >= 0.6 is 0 Å². The average molecular weight is 171 g/mol. The van der Waals surface area contributed by atoms with Crippen molar-refractivity contribution in [2.75, 3.05) is 20.2 Å². The normalized spacial score (nSPS) is 31.8. The van der Waals surface area contributed by atoms with Crippen LogP contribution in [-0.2, 0) is 4.74 Å². The predicted molar refractivity (Wildman–Crippen MR) is 51.4 cm³/mol. The zero-order chi connectivity index (χ0) is 9.19.